The maximum atomic E-state index is 10.3. The lowest BCUT2D eigenvalue weighted by Crippen LogP contribution is -2.60. The summed E-state index contributed by atoms with van der Waals surface area (Å²) in [5.41, 5.74) is 1.18. The van der Waals surface area contributed by atoms with Gasteiger partial charge in [-0.05, 0) is 18.4 Å². The molecule has 140 valence electrons. The van der Waals surface area contributed by atoms with Crippen LogP contribution in [0.15, 0.2) is 30.3 Å². The minimum Gasteiger partial charge on any atom is -0.388 e. The second-order valence-corrected chi connectivity index (χ2v) is 7.24. The smallest absolute Gasteiger partial charge is 0.184 e. The molecular formula is C19H29NO5. The van der Waals surface area contributed by atoms with E-state index in [-0.39, 0.29) is 0 Å². The standard InChI is InChI=1S/C19H29NO5/c21-16-15(25-19(24)18(23)17(16)22)12-20(14-9-5-2-6-10-14)11-13-7-3-1-4-8-13/h1,3-4,7-8,14-19,21-24H,2,5-6,9-12H2/t15-,16-,17+,18-,19-/m1/s1. The van der Waals surface area contributed by atoms with E-state index in [1.54, 1.807) is 0 Å². The molecule has 0 amide bonds. The highest BCUT2D eigenvalue weighted by atomic mass is 16.6. The van der Waals surface area contributed by atoms with Crippen molar-refractivity contribution in [2.24, 2.45) is 0 Å². The van der Waals surface area contributed by atoms with Gasteiger partial charge in [-0.15, -0.1) is 0 Å². The zero-order chi connectivity index (χ0) is 17.8. The lowest BCUT2D eigenvalue weighted by atomic mass is 9.92. The molecule has 0 bridgehead atoms. The largest absolute Gasteiger partial charge is 0.388 e. The van der Waals surface area contributed by atoms with E-state index in [4.69, 9.17) is 4.74 Å². The van der Waals surface area contributed by atoms with Crippen LogP contribution in [0, 0.1) is 0 Å². The van der Waals surface area contributed by atoms with E-state index >= 15 is 0 Å². The van der Waals surface area contributed by atoms with E-state index in [2.05, 4.69) is 17.0 Å². The molecule has 1 heterocycles. The van der Waals surface area contributed by atoms with Crippen molar-refractivity contribution < 1.29 is 25.2 Å². The normalized spacial score (nSPS) is 34.4. The van der Waals surface area contributed by atoms with Gasteiger partial charge < -0.3 is 25.2 Å². The number of hydrogen-bond donors (Lipinski definition) is 4. The van der Waals surface area contributed by atoms with Crippen LogP contribution in [-0.2, 0) is 11.3 Å². The Morgan fingerprint density at radius 3 is 2.24 bits per heavy atom. The lowest BCUT2D eigenvalue weighted by Gasteiger charge is -2.42. The van der Waals surface area contributed by atoms with Crippen LogP contribution >= 0.6 is 0 Å². The van der Waals surface area contributed by atoms with Gasteiger partial charge in [-0.3, -0.25) is 4.90 Å². The third kappa shape index (κ3) is 4.58. The van der Waals surface area contributed by atoms with Crippen molar-refractivity contribution >= 4 is 0 Å². The quantitative estimate of drug-likeness (QED) is 0.622. The van der Waals surface area contributed by atoms with Crippen molar-refractivity contribution in [1.29, 1.82) is 0 Å². The van der Waals surface area contributed by atoms with Crippen molar-refractivity contribution in [2.75, 3.05) is 6.54 Å². The third-order valence-electron chi connectivity index (χ3n) is 5.42. The summed E-state index contributed by atoms with van der Waals surface area (Å²) in [5.74, 6) is 0. The number of nitrogens with zero attached hydrogens (tertiary/aromatic N) is 1. The molecule has 5 atom stereocenters. The van der Waals surface area contributed by atoms with E-state index in [9.17, 15) is 20.4 Å². The molecule has 0 unspecified atom stereocenters. The fraction of sp³-hybridized carbons (Fsp3) is 0.684. The topological polar surface area (TPSA) is 93.4 Å². The maximum absolute atomic E-state index is 10.3. The summed E-state index contributed by atoms with van der Waals surface area (Å²) >= 11 is 0. The molecule has 4 N–H and O–H groups in total. The van der Waals surface area contributed by atoms with E-state index in [1.165, 1.54) is 24.8 Å². The van der Waals surface area contributed by atoms with Gasteiger partial charge in [-0.1, -0.05) is 49.6 Å². The molecule has 1 aromatic carbocycles. The minimum atomic E-state index is -1.48. The lowest BCUT2D eigenvalue weighted by molar-refractivity contribution is -0.284. The van der Waals surface area contributed by atoms with Gasteiger partial charge in [0.15, 0.2) is 6.29 Å². The van der Waals surface area contributed by atoms with E-state index in [0.29, 0.717) is 12.6 Å². The molecule has 1 aromatic rings. The molecule has 1 aliphatic heterocycles. The molecule has 2 fully saturated rings. The highest BCUT2D eigenvalue weighted by Gasteiger charge is 2.43. The average molecular weight is 351 g/mol. The Hall–Kier alpha value is -1.02. The van der Waals surface area contributed by atoms with Gasteiger partial charge in [0, 0.05) is 19.1 Å². The van der Waals surface area contributed by atoms with Crippen molar-refractivity contribution in [3.63, 3.8) is 0 Å². The highest BCUT2D eigenvalue weighted by Crippen LogP contribution is 2.27. The van der Waals surface area contributed by atoms with E-state index in [0.717, 1.165) is 19.4 Å². The first-order valence-electron chi connectivity index (χ1n) is 9.22. The molecule has 2 aliphatic rings. The maximum Gasteiger partial charge on any atom is 0.184 e. The van der Waals surface area contributed by atoms with Gasteiger partial charge in [0.25, 0.3) is 0 Å². The van der Waals surface area contributed by atoms with Crippen LogP contribution in [0.25, 0.3) is 0 Å². The van der Waals surface area contributed by atoms with Crippen molar-refractivity contribution in [2.45, 2.75) is 75.4 Å². The van der Waals surface area contributed by atoms with Crippen molar-refractivity contribution in [1.82, 2.24) is 4.90 Å². The van der Waals surface area contributed by atoms with Crippen molar-refractivity contribution in [3.8, 4) is 0 Å². The minimum absolute atomic E-state index is 0.394. The van der Waals surface area contributed by atoms with Gasteiger partial charge in [0.2, 0.25) is 0 Å². The Bertz CT molecular complexity index is 522. The molecule has 1 aliphatic carbocycles. The average Bonchev–Trinajstić information content (AvgIpc) is 2.65. The number of aliphatic hydroxyl groups excluding tert-OH is 4. The summed E-state index contributed by atoms with van der Waals surface area (Å²) in [6.07, 6.45) is -0.494. The van der Waals surface area contributed by atoms with Gasteiger partial charge in [-0.25, -0.2) is 0 Å². The zero-order valence-corrected chi connectivity index (χ0v) is 14.4. The van der Waals surface area contributed by atoms with Gasteiger partial charge in [0.1, 0.15) is 24.4 Å². The SMILES string of the molecule is O[C@@H]1[C@@H](O)[C@H](O)O[C@H](CN(Cc2ccccc2)C2CCCCC2)[C@H]1O. The fourth-order valence-electron chi connectivity index (χ4n) is 3.92. The van der Waals surface area contributed by atoms with E-state index < -0.39 is 30.7 Å². The third-order valence-corrected chi connectivity index (χ3v) is 5.42. The molecule has 0 aromatic heterocycles. The van der Waals surface area contributed by atoms with E-state index in [1.807, 2.05) is 18.2 Å². The predicted octanol–water partition coefficient (Wildman–Crippen LogP) is 0.621. The number of hydrogen-bond acceptors (Lipinski definition) is 6. The molecule has 6 nitrogen and oxygen atoms in total. The molecule has 6 heteroatoms. The second-order valence-electron chi connectivity index (χ2n) is 7.24. The number of rotatable bonds is 5. The molecule has 0 radical (unpaired) electrons. The first-order chi connectivity index (χ1) is 12.1. The molecule has 3 rings (SSSR count). The van der Waals surface area contributed by atoms with Crippen LogP contribution in [-0.4, -0.2) is 68.6 Å². The zero-order valence-electron chi connectivity index (χ0n) is 14.4. The summed E-state index contributed by atoms with van der Waals surface area (Å²) in [4.78, 5) is 2.28. The van der Waals surface area contributed by atoms with Crippen molar-refractivity contribution in [3.05, 3.63) is 35.9 Å². The summed E-state index contributed by atoms with van der Waals surface area (Å²) in [6, 6.07) is 10.5. The molecule has 1 saturated carbocycles. The number of aliphatic hydroxyl groups is 4. The monoisotopic (exact) mass is 351 g/mol. The number of benzene rings is 1. The predicted molar refractivity (Wildman–Crippen MR) is 92.6 cm³/mol. The second kappa shape index (κ2) is 8.58. The molecule has 1 saturated heterocycles. The van der Waals surface area contributed by atoms with Crippen LogP contribution in [0.3, 0.4) is 0 Å². The van der Waals surface area contributed by atoms with Crippen LogP contribution in [0.5, 0.6) is 0 Å². The van der Waals surface area contributed by atoms with Gasteiger partial charge >= 0.3 is 0 Å². The molecule has 0 spiro atoms. The van der Waals surface area contributed by atoms with Crippen LogP contribution in [0.4, 0.5) is 0 Å². The Labute approximate surface area is 148 Å². The number of ether oxygens (including phenoxy) is 1. The summed E-state index contributed by atoms with van der Waals surface area (Å²) < 4.78 is 5.39. The first-order valence-corrected chi connectivity index (χ1v) is 9.22. The Kier molecular flexibility index (Phi) is 6.44. The van der Waals surface area contributed by atoms with Crippen LogP contribution in [0.2, 0.25) is 0 Å². The summed E-state index contributed by atoms with van der Waals surface area (Å²) in [5, 5.41) is 39.6. The van der Waals surface area contributed by atoms with Gasteiger partial charge in [-0.2, -0.15) is 0 Å². The van der Waals surface area contributed by atoms with Crippen LogP contribution in [0.1, 0.15) is 37.7 Å². The summed E-state index contributed by atoms with van der Waals surface area (Å²) in [7, 11) is 0. The summed E-state index contributed by atoms with van der Waals surface area (Å²) in [6.45, 7) is 1.13. The van der Waals surface area contributed by atoms with Crippen LogP contribution < -0.4 is 0 Å². The Morgan fingerprint density at radius 2 is 1.56 bits per heavy atom. The fourth-order valence-corrected chi connectivity index (χ4v) is 3.92. The Balaban J connectivity index is 1.72. The molecular weight excluding hydrogens is 322 g/mol. The molecule has 25 heavy (non-hydrogen) atoms. The Morgan fingerprint density at radius 1 is 0.880 bits per heavy atom. The first kappa shape index (κ1) is 18.8. The van der Waals surface area contributed by atoms with Gasteiger partial charge in [0.05, 0.1) is 0 Å². The highest BCUT2D eigenvalue weighted by molar-refractivity contribution is 5.14.